The van der Waals surface area contributed by atoms with Gasteiger partial charge < -0.3 is 43.3 Å². The Morgan fingerprint density at radius 3 is 0.771 bits per heavy atom. The van der Waals surface area contributed by atoms with E-state index in [2.05, 4.69) is 383 Å². The van der Waals surface area contributed by atoms with Gasteiger partial charge in [0.25, 0.3) is 20.1 Å². The van der Waals surface area contributed by atoms with Crippen LogP contribution in [0.1, 0.15) is 131 Å². The van der Waals surface area contributed by atoms with Crippen molar-refractivity contribution in [2.24, 2.45) is 0 Å². The standard InChI is InChI=1S/C106H97B3N4O5/c1-58-25-59(2)33-74(32-58)110(75-34-60(3)26-61(4)35-75)81-48-91-102-97(49-81)114-92-23-21-72(105(15,16)17)46-85(92)107(102)84-54-87-94(56-90(84)113(91)80-44-70(13)31-71(14)45-80)116-99-51-83(112(78-40-66(9)29-67(10)41-78)79-42-68(11)30-69(12)43-79)53-101-104(99)109(87)89-55-88-95(57-96(89)118-101)117-100-52-82(50-98-103(100)108(88)86-47-73(106(18,19)20)22-24-93(86)115-98)111(76-36-62(5)27-63(6)37-76)77-38-64(7)28-65(8)39-77/h21-57H,1-20H3. The number of ether oxygens (including phenoxy) is 5. The predicted octanol–water partition coefficient (Wildman–Crippen LogP) is 22.9. The molecular formula is C106H97B3N4O5. The van der Waals surface area contributed by atoms with Crippen molar-refractivity contribution in [2.45, 2.75) is 149 Å². The molecule has 9 nitrogen and oxygen atoms in total. The lowest BCUT2D eigenvalue weighted by Gasteiger charge is -2.43. The molecule has 0 atom stereocenters. The third-order valence-electron chi connectivity index (χ3n) is 24.7. The summed E-state index contributed by atoms with van der Waals surface area (Å²) in [5.41, 5.74) is 40.2. The number of aryl methyl sites for hydroxylation is 14. The van der Waals surface area contributed by atoms with E-state index in [9.17, 15) is 0 Å². The minimum atomic E-state index is -0.423. The van der Waals surface area contributed by atoms with E-state index in [1.54, 1.807) is 0 Å². The second-order valence-corrected chi connectivity index (χ2v) is 37.0. The van der Waals surface area contributed by atoms with E-state index in [-0.39, 0.29) is 24.3 Å². The minimum absolute atomic E-state index is 0.175. The summed E-state index contributed by atoms with van der Waals surface area (Å²) in [6.45, 7) is 43.5. The van der Waals surface area contributed by atoms with Gasteiger partial charge in [-0.05, 0) is 338 Å². The molecule has 0 bridgehead atoms. The largest absolute Gasteiger partial charge is 0.458 e. The van der Waals surface area contributed by atoms with E-state index in [4.69, 9.17) is 23.7 Å². The normalized spacial score (nSPS) is 13.4. The molecule has 14 aromatic rings. The van der Waals surface area contributed by atoms with Crippen LogP contribution in [0.5, 0.6) is 57.5 Å². The van der Waals surface area contributed by atoms with Gasteiger partial charge in [-0.25, -0.2) is 0 Å². The zero-order valence-corrected chi connectivity index (χ0v) is 71.4. The fourth-order valence-electron chi connectivity index (χ4n) is 20.2. The molecule has 0 N–H and O–H groups in total. The van der Waals surface area contributed by atoms with Crippen LogP contribution in [0.3, 0.4) is 0 Å². The van der Waals surface area contributed by atoms with Crippen molar-refractivity contribution in [2.75, 3.05) is 19.6 Å². The molecule has 0 radical (unpaired) electrons. The first-order valence-electron chi connectivity index (χ1n) is 41.7. The maximum absolute atomic E-state index is 7.97. The zero-order chi connectivity index (χ0) is 81.9. The molecule has 0 saturated carbocycles. The predicted molar refractivity (Wildman–Crippen MR) is 495 cm³/mol. The number of rotatable bonds is 10. The molecule has 0 unspecified atom stereocenters. The van der Waals surface area contributed by atoms with Gasteiger partial charge in [-0.2, -0.15) is 0 Å². The Hall–Kier alpha value is -12.5. The van der Waals surface area contributed by atoms with Crippen LogP contribution in [0.4, 0.5) is 68.2 Å². The quantitative estimate of drug-likeness (QED) is 0.125. The smallest absolute Gasteiger partial charge is 0.260 e. The van der Waals surface area contributed by atoms with Gasteiger partial charge in [0, 0.05) is 105 Å². The van der Waals surface area contributed by atoms with Crippen molar-refractivity contribution in [3.05, 3.63) is 313 Å². The van der Waals surface area contributed by atoms with Crippen molar-refractivity contribution >= 4 is 138 Å². The molecule has 6 heterocycles. The lowest BCUT2D eigenvalue weighted by molar-refractivity contribution is 0.452. The van der Waals surface area contributed by atoms with Crippen LogP contribution in [0, 0.1) is 96.9 Å². The van der Waals surface area contributed by atoms with Crippen molar-refractivity contribution in [3.8, 4) is 57.5 Å². The highest BCUT2D eigenvalue weighted by Crippen LogP contribution is 2.52. The fraction of sp³-hybridized carbons (Fsp3) is 0.208. The number of nitrogens with zero attached hydrogens (tertiary/aromatic N) is 4. The maximum Gasteiger partial charge on any atom is 0.260 e. The molecule has 0 fully saturated rings. The Morgan fingerprint density at radius 1 is 0.212 bits per heavy atom. The molecule has 20 rings (SSSR count). The molecule has 6 aliphatic heterocycles. The van der Waals surface area contributed by atoms with Gasteiger partial charge in [0.15, 0.2) is 0 Å². The summed E-state index contributed by atoms with van der Waals surface area (Å²) in [7, 11) is 0. The maximum atomic E-state index is 7.97. The van der Waals surface area contributed by atoms with Crippen molar-refractivity contribution in [3.63, 3.8) is 0 Å². The van der Waals surface area contributed by atoms with Gasteiger partial charge >= 0.3 is 0 Å². The summed E-state index contributed by atoms with van der Waals surface area (Å²) < 4.78 is 38.5. The molecule has 0 amide bonds. The number of benzene rings is 14. The summed E-state index contributed by atoms with van der Waals surface area (Å²) in [4.78, 5) is 9.70. The van der Waals surface area contributed by atoms with Crippen LogP contribution in [-0.4, -0.2) is 20.1 Å². The Bertz CT molecular complexity index is 6410. The molecule has 118 heavy (non-hydrogen) atoms. The minimum Gasteiger partial charge on any atom is -0.458 e. The lowest BCUT2D eigenvalue weighted by atomic mass is 9.30. The Labute approximate surface area is 696 Å². The molecule has 0 saturated heterocycles. The average Bonchev–Trinajstić information content (AvgIpc) is 0.691. The third-order valence-corrected chi connectivity index (χ3v) is 24.7. The third kappa shape index (κ3) is 12.6. The SMILES string of the molecule is Cc1cc(C)cc(N(c2cc(C)cc(C)c2)c2cc3c4c(c2)Oc2cc5c(cc2B4c2cc(C(C)(C)C)ccc2O3)B2c3cc4c(cc3Oc3cc(N(c6cc(C)cc(C)c6)c6cc(C)cc(C)c6)cc(c32)O5)N(c2cc(C)cc(C)c2)c2cc(N(c3cc(C)cc(C)c3)c3cc(C)cc(C)c3)cc3c2B4c2cc(C(C)(C)C)ccc2O3)c1. The van der Waals surface area contributed by atoms with E-state index in [1.807, 2.05) is 0 Å². The first-order valence-corrected chi connectivity index (χ1v) is 41.7. The van der Waals surface area contributed by atoms with Crippen molar-refractivity contribution in [1.29, 1.82) is 0 Å². The van der Waals surface area contributed by atoms with Crippen LogP contribution < -0.4 is 92.4 Å². The summed E-state index contributed by atoms with van der Waals surface area (Å²) >= 11 is 0. The number of hydrogen-bond acceptors (Lipinski definition) is 9. The van der Waals surface area contributed by atoms with Gasteiger partial charge in [-0.15, -0.1) is 0 Å². The van der Waals surface area contributed by atoms with E-state index in [0.29, 0.717) is 11.5 Å². The lowest BCUT2D eigenvalue weighted by Crippen LogP contribution is -2.64. The molecule has 14 aromatic carbocycles. The fourth-order valence-corrected chi connectivity index (χ4v) is 20.2. The zero-order valence-electron chi connectivity index (χ0n) is 71.4. The second kappa shape index (κ2) is 27.0. The van der Waals surface area contributed by atoms with Crippen LogP contribution in [0.25, 0.3) is 0 Å². The molecule has 0 aromatic heterocycles. The van der Waals surface area contributed by atoms with E-state index < -0.39 is 6.71 Å². The first kappa shape index (κ1) is 74.3. The van der Waals surface area contributed by atoms with Crippen LogP contribution in [0.2, 0.25) is 0 Å². The highest BCUT2D eigenvalue weighted by Gasteiger charge is 2.50. The highest BCUT2D eigenvalue weighted by atomic mass is 16.5. The van der Waals surface area contributed by atoms with Crippen LogP contribution >= 0.6 is 0 Å². The monoisotopic (exact) mass is 1540 g/mol. The second-order valence-electron chi connectivity index (χ2n) is 37.0. The Kier molecular flexibility index (Phi) is 17.0. The Balaban J connectivity index is 0.859. The van der Waals surface area contributed by atoms with Gasteiger partial charge in [0.1, 0.15) is 57.5 Å². The van der Waals surface area contributed by atoms with E-state index in [0.717, 1.165) is 175 Å². The molecule has 0 aliphatic carbocycles. The number of hydrogen-bond donors (Lipinski definition) is 0. The van der Waals surface area contributed by atoms with Crippen LogP contribution in [0.15, 0.2) is 224 Å². The molecular weight excluding hydrogens is 1440 g/mol. The van der Waals surface area contributed by atoms with Gasteiger partial charge in [0.05, 0.1) is 17.1 Å². The average molecular weight is 1540 g/mol. The van der Waals surface area contributed by atoms with E-state index >= 15 is 0 Å². The summed E-state index contributed by atoms with van der Waals surface area (Å²) in [6, 6.07) is 85.0. The van der Waals surface area contributed by atoms with Gasteiger partial charge in [0.2, 0.25) is 0 Å². The summed E-state index contributed by atoms with van der Waals surface area (Å²) in [5.74, 6) is 7.54. The molecule has 6 aliphatic rings. The van der Waals surface area contributed by atoms with Crippen molar-refractivity contribution < 1.29 is 23.7 Å². The topological polar surface area (TPSA) is 59.1 Å². The van der Waals surface area contributed by atoms with Gasteiger partial charge in [-0.1, -0.05) is 120 Å². The Morgan fingerprint density at radius 2 is 0.458 bits per heavy atom. The summed E-state index contributed by atoms with van der Waals surface area (Å²) in [5, 5.41) is 0. The van der Waals surface area contributed by atoms with Crippen LogP contribution in [-0.2, 0) is 10.8 Å². The molecule has 0 spiro atoms. The van der Waals surface area contributed by atoms with Gasteiger partial charge in [-0.3, -0.25) is 0 Å². The highest BCUT2D eigenvalue weighted by molar-refractivity contribution is 7.03. The number of anilines is 12. The number of fused-ring (bicyclic) bond motifs is 12. The molecule has 580 valence electrons. The van der Waals surface area contributed by atoms with Crippen molar-refractivity contribution in [1.82, 2.24) is 0 Å². The molecule has 12 heteroatoms. The first-order chi connectivity index (χ1) is 56.3. The van der Waals surface area contributed by atoms with E-state index in [1.165, 1.54) is 77.9 Å². The summed E-state index contributed by atoms with van der Waals surface area (Å²) in [6.07, 6.45) is 0.